The van der Waals surface area contributed by atoms with Gasteiger partial charge in [0.05, 0.1) is 6.67 Å². The minimum atomic E-state index is -0.202. The highest BCUT2D eigenvalue weighted by atomic mass is 35.5. The zero-order chi connectivity index (χ0) is 9.23. The summed E-state index contributed by atoms with van der Waals surface area (Å²) in [6.45, 7) is 1.74. The molecule has 0 saturated carbocycles. The average Bonchev–Trinajstić information content (AvgIpc) is 2.09. The van der Waals surface area contributed by atoms with E-state index in [4.69, 9.17) is 11.6 Å². The molecule has 0 radical (unpaired) electrons. The third kappa shape index (κ3) is 8.28. The van der Waals surface area contributed by atoms with Crippen molar-refractivity contribution in [2.45, 2.75) is 25.7 Å². The van der Waals surface area contributed by atoms with E-state index < -0.39 is 0 Å². The van der Waals surface area contributed by atoms with Crippen LogP contribution in [0.25, 0.3) is 0 Å². The Balaban J connectivity index is 3.02. The number of hydrogen-bond acceptors (Lipinski definition) is 1. The van der Waals surface area contributed by atoms with Gasteiger partial charge in [-0.3, -0.25) is 4.39 Å². The maximum atomic E-state index is 11.8. The highest BCUT2D eigenvalue weighted by Gasteiger charge is 1.96. The molecular formula is C9H19ClFN. The van der Waals surface area contributed by atoms with Crippen molar-refractivity contribution in [3.05, 3.63) is 0 Å². The van der Waals surface area contributed by atoms with Gasteiger partial charge in [-0.2, -0.15) is 0 Å². The first-order chi connectivity index (χ1) is 5.81. The number of hydrogen-bond donors (Lipinski definition) is 0. The highest BCUT2D eigenvalue weighted by molar-refractivity contribution is 6.17. The molecule has 12 heavy (non-hydrogen) atoms. The predicted molar refractivity (Wildman–Crippen MR) is 52.7 cm³/mol. The molecule has 0 fully saturated rings. The van der Waals surface area contributed by atoms with Crippen LogP contribution in [0.5, 0.6) is 0 Å². The van der Waals surface area contributed by atoms with Crippen LogP contribution >= 0.6 is 11.6 Å². The first-order valence-electron chi connectivity index (χ1n) is 4.61. The van der Waals surface area contributed by atoms with E-state index in [0.717, 1.165) is 25.4 Å². The molecule has 0 aliphatic heterocycles. The number of nitrogens with zero attached hydrogens (tertiary/aromatic N) is 1. The highest BCUT2D eigenvalue weighted by Crippen LogP contribution is 1.99. The van der Waals surface area contributed by atoms with Gasteiger partial charge in [-0.15, -0.1) is 11.6 Å². The Labute approximate surface area is 79.9 Å². The van der Waals surface area contributed by atoms with Crippen LogP contribution in [-0.2, 0) is 0 Å². The van der Waals surface area contributed by atoms with Gasteiger partial charge in [-0.1, -0.05) is 6.42 Å². The van der Waals surface area contributed by atoms with E-state index in [1.54, 1.807) is 0 Å². The van der Waals surface area contributed by atoms with Gasteiger partial charge >= 0.3 is 0 Å². The summed E-state index contributed by atoms with van der Waals surface area (Å²) in [6.07, 6.45) is 4.11. The van der Waals surface area contributed by atoms with Crippen molar-refractivity contribution >= 4 is 11.6 Å². The maximum absolute atomic E-state index is 11.8. The molecule has 0 aromatic carbocycles. The minimum absolute atomic E-state index is 0.202. The molecule has 0 atom stereocenters. The van der Waals surface area contributed by atoms with Gasteiger partial charge in [-0.05, 0) is 32.9 Å². The Morgan fingerprint density at radius 2 is 1.75 bits per heavy atom. The number of halogens is 2. The van der Waals surface area contributed by atoms with Crippen LogP contribution in [0.3, 0.4) is 0 Å². The molecule has 0 unspecified atom stereocenters. The summed E-state index contributed by atoms with van der Waals surface area (Å²) in [7, 11) is 2.04. The first-order valence-corrected chi connectivity index (χ1v) is 5.15. The molecule has 74 valence electrons. The van der Waals surface area contributed by atoms with Crippen molar-refractivity contribution in [1.82, 2.24) is 4.90 Å². The topological polar surface area (TPSA) is 3.24 Å². The van der Waals surface area contributed by atoms with Gasteiger partial charge in [0.25, 0.3) is 0 Å². The molecule has 1 nitrogen and oxygen atoms in total. The minimum Gasteiger partial charge on any atom is -0.306 e. The van der Waals surface area contributed by atoms with E-state index in [1.165, 1.54) is 12.8 Å². The zero-order valence-electron chi connectivity index (χ0n) is 7.86. The van der Waals surface area contributed by atoms with Crippen LogP contribution in [0.1, 0.15) is 25.7 Å². The second-order valence-electron chi connectivity index (χ2n) is 3.10. The van der Waals surface area contributed by atoms with Gasteiger partial charge in [0, 0.05) is 12.4 Å². The van der Waals surface area contributed by atoms with E-state index in [0.29, 0.717) is 6.42 Å². The summed E-state index contributed by atoms with van der Waals surface area (Å²) in [5, 5.41) is 0. The van der Waals surface area contributed by atoms with Crippen molar-refractivity contribution in [2.24, 2.45) is 0 Å². The first kappa shape index (κ1) is 12.2. The van der Waals surface area contributed by atoms with E-state index in [9.17, 15) is 4.39 Å². The molecule has 0 heterocycles. The van der Waals surface area contributed by atoms with Crippen LogP contribution in [-0.4, -0.2) is 37.6 Å². The van der Waals surface area contributed by atoms with Crippen molar-refractivity contribution in [3.8, 4) is 0 Å². The van der Waals surface area contributed by atoms with E-state index in [2.05, 4.69) is 4.90 Å². The summed E-state index contributed by atoms with van der Waals surface area (Å²) >= 11 is 5.54. The second-order valence-corrected chi connectivity index (χ2v) is 3.47. The molecule has 0 aromatic heterocycles. The molecule has 0 rings (SSSR count). The molecular weight excluding hydrogens is 177 g/mol. The van der Waals surface area contributed by atoms with Gasteiger partial charge in [-0.25, -0.2) is 0 Å². The van der Waals surface area contributed by atoms with Crippen LogP contribution in [0.4, 0.5) is 4.39 Å². The molecule has 0 amide bonds. The largest absolute Gasteiger partial charge is 0.306 e. The molecule has 0 bridgehead atoms. The smallest absolute Gasteiger partial charge is 0.0906 e. The van der Waals surface area contributed by atoms with Gasteiger partial charge < -0.3 is 4.90 Å². The lowest BCUT2D eigenvalue weighted by molar-refractivity contribution is 0.303. The number of alkyl halides is 2. The van der Waals surface area contributed by atoms with Crippen molar-refractivity contribution < 1.29 is 4.39 Å². The molecule has 0 N–H and O–H groups in total. The Kier molecular flexibility index (Phi) is 9.41. The van der Waals surface area contributed by atoms with Crippen LogP contribution < -0.4 is 0 Å². The number of rotatable bonds is 8. The van der Waals surface area contributed by atoms with Crippen molar-refractivity contribution in [1.29, 1.82) is 0 Å². The fourth-order valence-electron chi connectivity index (χ4n) is 1.09. The normalized spacial score (nSPS) is 11.0. The predicted octanol–water partition coefficient (Wildman–Crippen LogP) is 2.69. The lowest BCUT2D eigenvalue weighted by atomic mass is 10.2. The third-order valence-corrected chi connectivity index (χ3v) is 2.11. The van der Waals surface area contributed by atoms with Gasteiger partial charge in [0.2, 0.25) is 0 Å². The van der Waals surface area contributed by atoms with E-state index in [1.807, 2.05) is 7.05 Å². The Morgan fingerprint density at radius 1 is 1.08 bits per heavy atom. The third-order valence-electron chi connectivity index (χ3n) is 1.85. The van der Waals surface area contributed by atoms with Crippen LogP contribution in [0, 0.1) is 0 Å². The fraction of sp³-hybridized carbons (Fsp3) is 1.00. The average molecular weight is 196 g/mol. The summed E-state index contributed by atoms with van der Waals surface area (Å²) in [5.41, 5.74) is 0. The molecule has 0 aliphatic carbocycles. The quantitative estimate of drug-likeness (QED) is 0.425. The molecule has 3 heteroatoms. The standard InChI is InChI=1S/C9H19ClFN/c1-12(9-5-7-11)8-4-2-3-6-10/h2-9H2,1H3. The summed E-state index contributed by atoms with van der Waals surface area (Å²) < 4.78 is 11.8. The Morgan fingerprint density at radius 3 is 2.33 bits per heavy atom. The SMILES string of the molecule is CN(CCCF)CCCCCCl. The molecule has 0 aliphatic rings. The Hall–Kier alpha value is 0.180. The fourth-order valence-corrected chi connectivity index (χ4v) is 1.28. The lowest BCUT2D eigenvalue weighted by Crippen LogP contribution is -2.21. The zero-order valence-corrected chi connectivity index (χ0v) is 8.62. The van der Waals surface area contributed by atoms with Crippen molar-refractivity contribution in [2.75, 3.05) is 32.7 Å². The molecule has 0 aromatic rings. The summed E-state index contributed by atoms with van der Waals surface area (Å²) in [5.74, 6) is 0.758. The van der Waals surface area contributed by atoms with Crippen LogP contribution in [0.15, 0.2) is 0 Å². The summed E-state index contributed by atoms with van der Waals surface area (Å²) in [6, 6.07) is 0. The van der Waals surface area contributed by atoms with Gasteiger partial charge in [0.1, 0.15) is 0 Å². The number of unbranched alkanes of at least 4 members (excludes halogenated alkanes) is 2. The van der Waals surface area contributed by atoms with Gasteiger partial charge in [0.15, 0.2) is 0 Å². The second kappa shape index (κ2) is 9.27. The molecule has 0 spiro atoms. The summed E-state index contributed by atoms with van der Waals surface area (Å²) in [4.78, 5) is 2.17. The molecule has 0 saturated heterocycles. The van der Waals surface area contributed by atoms with Crippen LogP contribution in [0.2, 0.25) is 0 Å². The lowest BCUT2D eigenvalue weighted by Gasteiger charge is -2.14. The monoisotopic (exact) mass is 195 g/mol. The van der Waals surface area contributed by atoms with Crippen molar-refractivity contribution in [3.63, 3.8) is 0 Å². The van der Waals surface area contributed by atoms with E-state index >= 15 is 0 Å². The Bertz CT molecular complexity index is 90.6. The maximum Gasteiger partial charge on any atom is 0.0906 e. The van der Waals surface area contributed by atoms with E-state index in [-0.39, 0.29) is 6.67 Å².